The van der Waals surface area contributed by atoms with Crippen molar-refractivity contribution in [2.24, 2.45) is 11.7 Å². The third-order valence-corrected chi connectivity index (χ3v) is 6.40. The number of rotatable bonds is 7. The number of halogens is 1. The van der Waals surface area contributed by atoms with Crippen LogP contribution in [0.15, 0.2) is 23.1 Å². The number of ether oxygens (including phenoxy) is 2. The molecular formula is C18H30ClN3O5S. The summed E-state index contributed by atoms with van der Waals surface area (Å²) in [6.45, 7) is 8.44. The first-order chi connectivity index (χ1) is 12.6. The third-order valence-electron chi connectivity index (χ3n) is 4.86. The van der Waals surface area contributed by atoms with Crippen molar-refractivity contribution in [2.75, 3.05) is 19.8 Å². The molecule has 160 valence electrons. The van der Waals surface area contributed by atoms with Gasteiger partial charge in [0.05, 0.1) is 29.7 Å². The Morgan fingerprint density at radius 2 is 1.82 bits per heavy atom. The highest BCUT2D eigenvalue weighted by Gasteiger charge is 2.32. The maximum Gasteiger partial charge on any atom is 0.241 e. The Labute approximate surface area is 173 Å². The number of carbonyl (C=O) groups is 1. The van der Waals surface area contributed by atoms with Crippen molar-refractivity contribution in [3.8, 4) is 11.5 Å². The van der Waals surface area contributed by atoms with Crippen molar-refractivity contribution >= 4 is 28.3 Å². The second-order valence-corrected chi connectivity index (χ2v) is 8.98. The zero-order chi connectivity index (χ0) is 20.2. The smallest absolute Gasteiger partial charge is 0.241 e. The standard InChI is InChI=1S/C18H29N3O5S.ClH/c1-12(2)18(4,11-19)20-17(22)13(3)21-27(23,24)14-6-7-15-16(10-14)26-9-5-8-25-15;/h6-7,10,12-13,21H,5,8-9,11,19H2,1-4H3,(H,20,22);1H. The minimum absolute atomic E-state index is 0. The number of benzene rings is 1. The molecule has 4 N–H and O–H groups in total. The van der Waals surface area contributed by atoms with Crippen LogP contribution >= 0.6 is 12.4 Å². The summed E-state index contributed by atoms with van der Waals surface area (Å²) in [6, 6.07) is 3.43. The molecule has 1 aliphatic rings. The molecule has 1 aliphatic heterocycles. The second-order valence-electron chi connectivity index (χ2n) is 7.27. The summed E-state index contributed by atoms with van der Waals surface area (Å²) >= 11 is 0. The van der Waals surface area contributed by atoms with E-state index in [2.05, 4.69) is 10.0 Å². The minimum atomic E-state index is -3.91. The molecule has 1 amide bonds. The molecule has 2 unspecified atom stereocenters. The summed E-state index contributed by atoms with van der Waals surface area (Å²) in [6.07, 6.45) is 0.724. The van der Waals surface area contributed by atoms with E-state index in [1.54, 1.807) is 6.07 Å². The van der Waals surface area contributed by atoms with E-state index in [0.29, 0.717) is 24.7 Å². The van der Waals surface area contributed by atoms with Gasteiger partial charge in [0.2, 0.25) is 15.9 Å². The number of hydrogen-bond donors (Lipinski definition) is 3. The average molecular weight is 436 g/mol. The zero-order valence-electron chi connectivity index (χ0n) is 16.7. The van der Waals surface area contributed by atoms with E-state index in [9.17, 15) is 13.2 Å². The Balaban J connectivity index is 0.00000392. The van der Waals surface area contributed by atoms with Crippen molar-refractivity contribution in [3.63, 3.8) is 0 Å². The predicted molar refractivity (Wildman–Crippen MR) is 110 cm³/mol. The van der Waals surface area contributed by atoms with Gasteiger partial charge in [-0.2, -0.15) is 4.72 Å². The molecule has 10 heteroatoms. The molecular weight excluding hydrogens is 406 g/mol. The van der Waals surface area contributed by atoms with Crippen molar-refractivity contribution in [3.05, 3.63) is 18.2 Å². The minimum Gasteiger partial charge on any atom is -0.490 e. The summed E-state index contributed by atoms with van der Waals surface area (Å²) in [4.78, 5) is 12.5. The molecule has 8 nitrogen and oxygen atoms in total. The van der Waals surface area contributed by atoms with Crippen LogP contribution in [0.1, 0.15) is 34.1 Å². The number of fused-ring (bicyclic) bond motifs is 1. The van der Waals surface area contributed by atoms with Crippen LogP contribution < -0.4 is 25.2 Å². The van der Waals surface area contributed by atoms with Gasteiger partial charge in [-0.25, -0.2) is 8.42 Å². The Morgan fingerprint density at radius 1 is 1.21 bits per heavy atom. The molecule has 1 aromatic rings. The molecule has 1 heterocycles. The number of amides is 1. The molecule has 0 saturated heterocycles. The van der Waals surface area contributed by atoms with Crippen LogP contribution in [-0.4, -0.2) is 45.7 Å². The van der Waals surface area contributed by atoms with E-state index in [4.69, 9.17) is 15.2 Å². The topological polar surface area (TPSA) is 120 Å². The van der Waals surface area contributed by atoms with E-state index in [1.807, 2.05) is 20.8 Å². The van der Waals surface area contributed by atoms with Gasteiger partial charge in [0, 0.05) is 19.0 Å². The van der Waals surface area contributed by atoms with Gasteiger partial charge in [0.1, 0.15) is 0 Å². The molecule has 0 radical (unpaired) electrons. The molecule has 0 aromatic heterocycles. The first-order valence-corrected chi connectivity index (χ1v) is 10.5. The van der Waals surface area contributed by atoms with Crippen molar-refractivity contribution < 1.29 is 22.7 Å². The molecule has 2 rings (SSSR count). The van der Waals surface area contributed by atoms with Gasteiger partial charge in [0.15, 0.2) is 11.5 Å². The highest BCUT2D eigenvalue weighted by atomic mass is 35.5. The van der Waals surface area contributed by atoms with Gasteiger partial charge >= 0.3 is 0 Å². The van der Waals surface area contributed by atoms with Crippen molar-refractivity contribution in [2.45, 2.75) is 50.6 Å². The first-order valence-electron chi connectivity index (χ1n) is 9.03. The second kappa shape index (κ2) is 9.78. The van der Waals surface area contributed by atoms with Gasteiger partial charge in [-0.3, -0.25) is 4.79 Å². The van der Waals surface area contributed by atoms with Crippen LogP contribution in [0, 0.1) is 5.92 Å². The van der Waals surface area contributed by atoms with E-state index in [1.165, 1.54) is 19.1 Å². The average Bonchev–Trinajstić information content (AvgIpc) is 2.85. The normalized spacial score (nSPS) is 17.1. The van der Waals surface area contributed by atoms with Crippen LogP contribution in [0.3, 0.4) is 0 Å². The van der Waals surface area contributed by atoms with Gasteiger partial charge < -0.3 is 20.5 Å². The lowest BCUT2D eigenvalue weighted by Gasteiger charge is -2.34. The number of carbonyl (C=O) groups excluding carboxylic acids is 1. The highest BCUT2D eigenvalue weighted by molar-refractivity contribution is 7.89. The van der Waals surface area contributed by atoms with E-state index >= 15 is 0 Å². The number of nitrogens with two attached hydrogens (primary N) is 1. The molecule has 0 fully saturated rings. The van der Waals surface area contributed by atoms with E-state index in [0.717, 1.165) is 6.42 Å². The van der Waals surface area contributed by atoms with Crippen LogP contribution in [0.25, 0.3) is 0 Å². The van der Waals surface area contributed by atoms with Crippen molar-refractivity contribution in [1.29, 1.82) is 0 Å². The molecule has 2 atom stereocenters. The molecule has 0 bridgehead atoms. The van der Waals surface area contributed by atoms with Crippen LogP contribution in [-0.2, 0) is 14.8 Å². The fourth-order valence-electron chi connectivity index (χ4n) is 2.49. The highest BCUT2D eigenvalue weighted by Crippen LogP contribution is 2.31. The molecule has 1 aromatic carbocycles. The lowest BCUT2D eigenvalue weighted by Crippen LogP contribution is -2.59. The Morgan fingerprint density at radius 3 is 2.39 bits per heavy atom. The summed E-state index contributed by atoms with van der Waals surface area (Å²) in [5, 5.41) is 2.84. The maximum atomic E-state index is 12.7. The predicted octanol–water partition coefficient (Wildman–Crippen LogP) is 1.43. The first kappa shape index (κ1) is 24.5. The summed E-state index contributed by atoms with van der Waals surface area (Å²) in [5.41, 5.74) is 5.15. The Hall–Kier alpha value is -1.55. The summed E-state index contributed by atoms with van der Waals surface area (Å²) < 4.78 is 38.8. The van der Waals surface area contributed by atoms with Gasteiger partial charge in [-0.05, 0) is 31.9 Å². The maximum absolute atomic E-state index is 12.7. The lowest BCUT2D eigenvalue weighted by molar-refractivity contribution is -0.124. The molecule has 28 heavy (non-hydrogen) atoms. The number of hydrogen-bond acceptors (Lipinski definition) is 6. The third kappa shape index (κ3) is 5.73. The van der Waals surface area contributed by atoms with Crippen LogP contribution in [0.5, 0.6) is 11.5 Å². The monoisotopic (exact) mass is 435 g/mol. The summed E-state index contributed by atoms with van der Waals surface area (Å²) in [5.74, 6) is 0.544. The van der Waals surface area contributed by atoms with E-state index < -0.39 is 27.5 Å². The fraction of sp³-hybridized carbons (Fsp3) is 0.611. The Kier molecular flexibility index (Phi) is 8.55. The summed E-state index contributed by atoms with van der Waals surface area (Å²) in [7, 11) is -3.91. The quantitative estimate of drug-likeness (QED) is 0.595. The van der Waals surface area contributed by atoms with Crippen LogP contribution in [0.2, 0.25) is 0 Å². The van der Waals surface area contributed by atoms with E-state index in [-0.39, 0.29) is 29.8 Å². The fourth-order valence-corrected chi connectivity index (χ4v) is 3.70. The molecule has 0 aliphatic carbocycles. The Bertz CT molecular complexity index is 787. The SMILES string of the molecule is CC(NS(=O)(=O)c1ccc2c(c1)OCCCO2)C(=O)NC(C)(CN)C(C)C.Cl. The van der Waals surface area contributed by atoms with Gasteiger partial charge in [-0.15, -0.1) is 12.4 Å². The van der Waals surface area contributed by atoms with Crippen LogP contribution in [0.4, 0.5) is 0 Å². The molecule has 0 spiro atoms. The van der Waals surface area contributed by atoms with Gasteiger partial charge in [-0.1, -0.05) is 13.8 Å². The zero-order valence-corrected chi connectivity index (χ0v) is 18.3. The largest absolute Gasteiger partial charge is 0.490 e. The number of sulfonamides is 1. The molecule has 0 saturated carbocycles. The lowest BCUT2D eigenvalue weighted by atomic mass is 9.88. The van der Waals surface area contributed by atoms with Crippen molar-refractivity contribution in [1.82, 2.24) is 10.0 Å². The number of nitrogens with one attached hydrogen (secondary N) is 2. The van der Waals surface area contributed by atoms with Gasteiger partial charge in [0.25, 0.3) is 0 Å².